The second-order valence-electron chi connectivity index (χ2n) is 3.65. The van der Waals surface area contributed by atoms with E-state index in [0.29, 0.717) is 17.2 Å². The lowest BCUT2D eigenvalue weighted by atomic mass is 10.1. The van der Waals surface area contributed by atoms with Gasteiger partial charge in [-0.15, -0.1) is 11.3 Å². The molecule has 0 saturated heterocycles. The summed E-state index contributed by atoms with van der Waals surface area (Å²) in [5.74, 6) is 1.33. The van der Waals surface area contributed by atoms with Crippen LogP contribution in [0, 0.1) is 0 Å². The van der Waals surface area contributed by atoms with E-state index in [1.54, 1.807) is 25.8 Å². The Morgan fingerprint density at radius 2 is 2.06 bits per heavy atom. The summed E-state index contributed by atoms with van der Waals surface area (Å²) in [7, 11) is 3.19. The molecule has 94 valence electrons. The van der Waals surface area contributed by atoms with E-state index in [1.165, 1.54) is 18.3 Å². The van der Waals surface area contributed by atoms with Crippen molar-refractivity contribution in [1.82, 2.24) is 4.98 Å². The van der Waals surface area contributed by atoms with Gasteiger partial charge in [0.25, 0.3) is 0 Å². The molecule has 5 heteroatoms. The molecule has 4 nitrogen and oxygen atoms in total. The molecule has 0 fully saturated rings. The molecule has 2 aromatic rings. The minimum atomic E-state index is -0.0517. The zero-order valence-corrected chi connectivity index (χ0v) is 11.2. The number of carbonyl (C=O) groups is 1. The number of benzene rings is 1. The van der Waals surface area contributed by atoms with E-state index in [2.05, 4.69) is 4.98 Å². The SMILES string of the molecule is COc1ccc(-c2scnc2C(C)=O)c(OC)c1. The van der Waals surface area contributed by atoms with Gasteiger partial charge in [0.1, 0.15) is 17.2 Å². The molecule has 1 aromatic heterocycles. The summed E-state index contributed by atoms with van der Waals surface area (Å²) in [5.41, 5.74) is 2.99. The molecule has 18 heavy (non-hydrogen) atoms. The molecule has 0 N–H and O–H groups in total. The van der Waals surface area contributed by atoms with E-state index in [0.717, 1.165) is 10.4 Å². The van der Waals surface area contributed by atoms with Gasteiger partial charge in [0.15, 0.2) is 5.78 Å². The highest BCUT2D eigenvalue weighted by Crippen LogP contribution is 2.37. The highest BCUT2D eigenvalue weighted by molar-refractivity contribution is 7.13. The Hall–Kier alpha value is -1.88. The fourth-order valence-corrected chi connectivity index (χ4v) is 2.54. The molecule has 0 aliphatic carbocycles. The lowest BCUT2D eigenvalue weighted by molar-refractivity contribution is 0.101. The number of Topliss-reactive ketones (excluding diaryl/α,β-unsaturated/α-hetero) is 1. The number of ether oxygens (including phenoxy) is 2. The molecule has 0 aliphatic rings. The van der Waals surface area contributed by atoms with Crippen molar-refractivity contribution in [3.05, 3.63) is 29.4 Å². The molecule has 0 saturated carbocycles. The summed E-state index contributed by atoms with van der Waals surface area (Å²) in [5, 5.41) is 0. The minimum Gasteiger partial charge on any atom is -0.497 e. The number of hydrogen-bond donors (Lipinski definition) is 0. The lowest BCUT2D eigenvalue weighted by Crippen LogP contribution is -1.96. The van der Waals surface area contributed by atoms with Gasteiger partial charge < -0.3 is 9.47 Å². The largest absolute Gasteiger partial charge is 0.497 e. The van der Waals surface area contributed by atoms with E-state index in [1.807, 2.05) is 12.1 Å². The van der Waals surface area contributed by atoms with Crippen molar-refractivity contribution < 1.29 is 14.3 Å². The van der Waals surface area contributed by atoms with Crippen LogP contribution in [-0.2, 0) is 0 Å². The number of nitrogens with zero attached hydrogens (tertiary/aromatic N) is 1. The topological polar surface area (TPSA) is 48.4 Å². The smallest absolute Gasteiger partial charge is 0.179 e. The summed E-state index contributed by atoms with van der Waals surface area (Å²) < 4.78 is 10.5. The Bertz CT molecular complexity index is 577. The summed E-state index contributed by atoms with van der Waals surface area (Å²) in [6.07, 6.45) is 0. The van der Waals surface area contributed by atoms with Crippen molar-refractivity contribution in [3.63, 3.8) is 0 Å². The van der Waals surface area contributed by atoms with Crippen LogP contribution in [0.15, 0.2) is 23.7 Å². The number of thiazole rings is 1. The van der Waals surface area contributed by atoms with Crippen molar-refractivity contribution in [2.45, 2.75) is 6.92 Å². The van der Waals surface area contributed by atoms with Gasteiger partial charge in [0.05, 0.1) is 24.6 Å². The monoisotopic (exact) mass is 263 g/mol. The Balaban J connectivity index is 2.56. The van der Waals surface area contributed by atoms with Crippen molar-refractivity contribution in [2.24, 2.45) is 0 Å². The molecule has 1 aromatic carbocycles. The van der Waals surface area contributed by atoms with E-state index in [9.17, 15) is 4.79 Å². The number of rotatable bonds is 4. The van der Waals surface area contributed by atoms with Crippen LogP contribution < -0.4 is 9.47 Å². The number of carbonyl (C=O) groups excluding carboxylic acids is 1. The average Bonchev–Trinajstić information content (AvgIpc) is 2.87. The second-order valence-corrected chi connectivity index (χ2v) is 4.51. The molecular formula is C13H13NO3S. The van der Waals surface area contributed by atoms with Crippen molar-refractivity contribution in [1.29, 1.82) is 0 Å². The molecule has 0 aliphatic heterocycles. The van der Waals surface area contributed by atoms with E-state index in [-0.39, 0.29) is 5.78 Å². The lowest BCUT2D eigenvalue weighted by Gasteiger charge is -2.09. The van der Waals surface area contributed by atoms with Gasteiger partial charge in [-0.3, -0.25) is 4.79 Å². The fraction of sp³-hybridized carbons (Fsp3) is 0.231. The van der Waals surface area contributed by atoms with Gasteiger partial charge in [0.2, 0.25) is 0 Å². The number of aromatic nitrogens is 1. The van der Waals surface area contributed by atoms with Gasteiger partial charge in [-0.05, 0) is 12.1 Å². The standard InChI is InChI=1S/C13H13NO3S/c1-8(15)12-13(18-7-14-12)10-5-4-9(16-2)6-11(10)17-3/h4-7H,1-3H3. The van der Waals surface area contributed by atoms with Gasteiger partial charge in [-0.1, -0.05) is 0 Å². The van der Waals surface area contributed by atoms with Gasteiger partial charge in [0, 0.05) is 18.6 Å². The van der Waals surface area contributed by atoms with Crippen molar-refractivity contribution in [2.75, 3.05) is 14.2 Å². The normalized spacial score (nSPS) is 10.2. The van der Waals surface area contributed by atoms with E-state index >= 15 is 0 Å². The highest BCUT2D eigenvalue weighted by Gasteiger charge is 2.16. The molecular weight excluding hydrogens is 250 g/mol. The third-order valence-corrected chi connectivity index (χ3v) is 3.41. The number of methoxy groups -OCH3 is 2. The van der Waals surface area contributed by atoms with Crippen LogP contribution in [0.2, 0.25) is 0 Å². The highest BCUT2D eigenvalue weighted by atomic mass is 32.1. The summed E-state index contributed by atoms with van der Waals surface area (Å²) in [4.78, 5) is 16.4. The first-order chi connectivity index (χ1) is 8.67. The van der Waals surface area contributed by atoms with Crippen molar-refractivity contribution in [3.8, 4) is 21.9 Å². The third-order valence-electron chi connectivity index (χ3n) is 2.55. The van der Waals surface area contributed by atoms with Crippen LogP contribution in [-0.4, -0.2) is 25.0 Å². The molecule has 0 radical (unpaired) electrons. The Labute approximate surface area is 109 Å². The predicted molar refractivity (Wildman–Crippen MR) is 70.7 cm³/mol. The number of ketones is 1. The first-order valence-corrected chi connectivity index (χ1v) is 6.22. The second kappa shape index (κ2) is 5.18. The van der Waals surface area contributed by atoms with E-state index in [4.69, 9.17) is 9.47 Å². The van der Waals surface area contributed by atoms with Crippen LogP contribution in [0.25, 0.3) is 10.4 Å². The van der Waals surface area contributed by atoms with E-state index < -0.39 is 0 Å². The van der Waals surface area contributed by atoms with Crippen molar-refractivity contribution >= 4 is 17.1 Å². The number of hydrogen-bond acceptors (Lipinski definition) is 5. The quantitative estimate of drug-likeness (QED) is 0.795. The zero-order valence-electron chi connectivity index (χ0n) is 10.4. The molecule has 0 unspecified atom stereocenters. The maximum absolute atomic E-state index is 11.5. The Kier molecular flexibility index (Phi) is 3.62. The Morgan fingerprint density at radius 1 is 1.28 bits per heavy atom. The summed E-state index contributed by atoms with van der Waals surface area (Å²) in [6, 6.07) is 5.50. The van der Waals surface area contributed by atoms with Gasteiger partial charge in [-0.2, -0.15) is 0 Å². The molecule has 0 atom stereocenters. The van der Waals surface area contributed by atoms with Gasteiger partial charge >= 0.3 is 0 Å². The van der Waals surface area contributed by atoms with Crippen LogP contribution in [0.5, 0.6) is 11.5 Å². The molecule has 0 spiro atoms. The van der Waals surface area contributed by atoms with Crippen LogP contribution in [0.4, 0.5) is 0 Å². The maximum Gasteiger partial charge on any atom is 0.179 e. The first-order valence-electron chi connectivity index (χ1n) is 5.34. The van der Waals surface area contributed by atoms with Gasteiger partial charge in [-0.25, -0.2) is 4.98 Å². The van der Waals surface area contributed by atoms with Crippen LogP contribution >= 0.6 is 11.3 Å². The van der Waals surface area contributed by atoms with Crippen LogP contribution in [0.1, 0.15) is 17.4 Å². The zero-order chi connectivity index (χ0) is 13.1. The predicted octanol–water partition coefficient (Wildman–Crippen LogP) is 3.03. The molecule has 1 heterocycles. The Morgan fingerprint density at radius 3 is 2.67 bits per heavy atom. The maximum atomic E-state index is 11.5. The first kappa shape index (κ1) is 12.6. The molecule has 0 amide bonds. The fourth-order valence-electron chi connectivity index (χ4n) is 1.67. The third kappa shape index (κ3) is 2.22. The minimum absolute atomic E-state index is 0.0517. The summed E-state index contributed by atoms with van der Waals surface area (Å²) in [6.45, 7) is 1.51. The molecule has 2 rings (SSSR count). The average molecular weight is 263 g/mol. The summed E-state index contributed by atoms with van der Waals surface area (Å²) >= 11 is 1.42. The molecule has 0 bridgehead atoms. The van der Waals surface area contributed by atoms with Crippen LogP contribution in [0.3, 0.4) is 0 Å².